The van der Waals surface area contributed by atoms with Crippen LogP contribution in [-0.4, -0.2) is 53.8 Å². The zero-order valence-electron chi connectivity index (χ0n) is 32.3. The Balaban J connectivity index is 1.74. The lowest BCUT2D eigenvalue weighted by atomic mass is 9.78. The molecule has 0 fully saturated rings. The van der Waals surface area contributed by atoms with Gasteiger partial charge in [-0.25, -0.2) is 4.79 Å². The maximum absolute atomic E-state index is 12.4. The highest BCUT2D eigenvalue weighted by molar-refractivity contribution is 5.94. The van der Waals surface area contributed by atoms with Crippen LogP contribution in [0.5, 0.6) is 11.5 Å². The molecule has 278 valence electrons. The summed E-state index contributed by atoms with van der Waals surface area (Å²) < 4.78 is 10.5. The summed E-state index contributed by atoms with van der Waals surface area (Å²) >= 11 is 0. The fraction of sp³-hybridized carbons (Fsp3) is 0.600. The first-order valence-corrected chi connectivity index (χ1v) is 17.4. The van der Waals surface area contributed by atoms with E-state index in [2.05, 4.69) is 10.6 Å². The molecule has 0 aliphatic carbocycles. The molecule has 0 saturated carbocycles. The van der Waals surface area contributed by atoms with Gasteiger partial charge in [0.15, 0.2) is 0 Å². The SMILES string of the molecule is CC(C)(C)c1cc(CCC(=O)OCCNC(=O)NC(=O)CCOC(=O)CCc2cc(C(C)(C)C)c(O)c(C(C)(C)C)c2)cc(C(C)(C)C)c1O. The third kappa shape index (κ3) is 13.0. The molecule has 0 aromatic heterocycles. The highest BCUT2D eigenvalue weighted by Gasteiger charge is 2.28. The largest absolute Gasteiger partial charge is 0.507 e. The number of amides is 3. The van der Waals surface area contributed by atoms with E-state index in [1.807, 2.05) is 107 Å². The van der Waals surface area contributed by atoms with Crippen molar-refractivity contribution < 1.29 is 38.9 Å². The number of phenols is 2. The third-order valence-electron chi connectivity index (χ3n) is 8.30. The molecule has 50 heavy (non-hydrogen) atoms. The molecule has 2 aromatic carbocycles. The van der Waals surface area contributed by atoms with Crippen molar-refractivity contribution in [3.8, 4) is 11.5 Å². The van der Waals surface area contributed by atoms with E-state index in [0.717, 1.165) is 33.4 Å². The van der Waals surface area contributed by atoms with Crippen LogP contribution in [0.2, 0.25) is 0 Å². The van der Waals surface area contributed by atoms with Crippen molar-refractivity contribution in [3.05, 3.63) is 57.6 Å². The van der Waals surface area contributed by atoms with E-state index in [-0.39, 0.29) is 72.2 Å². The van der Waals surface area contributed by atoms with Crippen molar-refractivity contribution in [1.82, 2.24) is 10.6 Å². The zero-order valence-corrected chi connectivity index (χ0v) is 32.3. The van der Waals surface area contributed by atoms with E-state index in [9.17, 15) is 29.4 Å². The summed E-state index contributed by atoms with van der Waals surface area (Å²) in [7, 11) is 0. The molecule has 0 atom stereocenters. The predicted molar refractivity (Wildman–Crippen MR) is 196 cm³/mol. The first kappa shape index (κ1) is 42.1. The number of imide groups is 1. The molecule has 4 N–H and O–H groups in total. The Hall–Kier alpha value is -4.08. The van der Waals surface area contributed by atoms with Crippen LogP contribution in [0.25, 0.3) is 0 Å². The zero-order chi connectivity index (χ0) is 38.2. The highest BCUT2D eigenvalue weighted by Crippen LogP contribution is 2.41. The van der Waals surface area contributed by atoms with Crippen molar-refractivity contribution in [3.63, 3.8) is 0 Å². The van der Waals surface area contributed by atoms with E-state index in [1.54, 1.807) is 0 Å². The Morgan fingerprint density at radius 2 is 0.900 bits per heavy atom. The summed E-state index contributed by atoms with van der Waals surface area (Å²) in [6, 6.07) is 6.97. The standard InChI is InChI=1S/C40H60N2O8/c1-37(2,3)27-21-25(22-28(34(27)46)38(4,5)6)13-15-32(44)49-19-17-31(43)42-36(48)41-18-20-50-33(45)16-14-26-23-29(39(7,8)9)35(47)30(24-26)40(10,11)12/h21-24,46-47H,13-20H2,1-12H3,(H2,41,42,43,48). The topological polar surface area (TPSA) is 151 Å². The van der Waals surface area contributed by atoms with Gasteiger partial charge in [-0.1, -0.05) is 107 Å². The van der Waals surface area contributed by atoms with Crippen LogP contribution in [-0.2, 0) is 58.4 Å². The van der Waals surface area contributed by atoms with Gasteiger partial charge in [0.05, 0.1) is 13.0 Å². The van der Waals surface area contributed by atoms with Gasteiger partial charge in [0.1, 0.15) is 24.7 Å². The van der Waals surface area contributed by atoms with Gasteiger partial charge in [-0.05, 0) is 67.9 Å². The minimum absolute atomic E-state index is 0.00646. The lowest BCUT2D eigenvalue weighted by Crippen LogP contribution is -2.41. The predicted octanol–water partition coefficient (Wildman–Crippen LogP) is 7.16. The van der Waals surface area contributed by atoms with Gasteiger partial charge in [0.25, 0.3) is 0 Å². The average Bonchev–Trinajstić information content (AvgIpc) is 2.95. The number of phenolic OH excluding ortho intramolecular Hbond substituents is 2. The molecule has 0 aliphatic rings. The maximum atomic E-state index is 12.4. The third-order valence-corrected chi connectivity index (χ3v) is 8.30. The fourth-order valence-corrected chi connectivity index (χ4v) is 5.42. The van der Waals surface area contributed by atoms with Crippen molar-refractivity contribution in [1.29, 1.82) is 0 Å². The van der Waals surface area contributed by atoms with E-state index < -0.39 is 23.9 Å². The number of esters is 2. The second-order valence-corrected chi connectivity index (χ2v) is 17.1. The maximum Gasteiger partial charge on any atom is 0.321 e. The van der Waals surface area contributed by atoms with Crippen LogP contribution in [0.4, 0.5) is 4.79 Å². The van der Waals surface area contributed by atoms with E-state index in [0.29, 0.717) is 12.8 Å². The molecule has 0 radical (unpaired) electrons. The Kier molecular flexibility index (Phi) is 14.1. The average molecular weight is 697 g/mol. The number of carbonyl (C=O) groups is 4. The van der Waals surface area contributed by atoms with E-state index in [4.69, 9.17) is 9.47 Å². The Labute approximate surface area is 298 Å². The number of urea groups is 1. The van der Waals surface area contributed by atoms with Gasteiger partial charge in [-0.15, -0.1) is 0 Å². The van der Waals surface area contributed by atoms with Gasteiger partial charge >= 0.3 is 18.0 Å². The number of rotatable bonds is 12. The molecule has 0 saturated heterocycles. The number of benzene rings is 2. The van der Waals surface area contributed by atoms with Crippen molar-refractivity contribution in [2.45, 2.75) is 137 Å². The molecule has 0 spiro atoms. The minimum atomic E-state index is -0.748. The molecule has 0 heterocycles. The van der Waals surface area contributed by atoms with Crippen molar-refractivity contribution >= 4 is 23.9 Å². The summed E-state index contributed by atoms with van der Waals surface area (Å²) in [6.45, 7) is 24.1. The van der Waals surface area contributed by atoms with Crippen molar-refractivity contribution in [2.75, 3.05) is 19.8 Å². The lowest BCUT2D eigenvalue weighted by molar-refractivity contribution is -0.145. The number of ether oxygens (including phenoxy) is 2. The van der Waals surface area contributed by atoms with Crippen LogP contribution >= 0.6 is 0 Å². The van der Waals surface area contributed by atoms with Gasteiger partial charge in [-0.3, -0.25) is 19.7 Å². The first-order chi connectivity index (χ1) is 22.8. The van der Waals surface area contributed by atoms with Gasteiger partial charge in [-0.2, -0.15) is 0 Å². The molecule has 0 aliphatic heterocycles. The van der Waals surface area contributed by atoms with E-state index >= 15 is 0 Å². The summed E-state index contributed by atoms with van der Waals surface area (Å²) in [5.74, 6) is -0.956. The normalized spacial score (nSPS) is 12.3. The van der Waals surface area contributed by atoms with Crippen molar-refractivity contribution in [2.24, 2.45) is 0 Å². The monoisotopic (exact) mass is 696 g/mol. The molecular formula is C40H60N2O8. The Morgan fingerprint density at radius 1 is 0.560 bits per heavy atom. The summed E-state index contributed by atoms with van der Waals surface area (Å²) in [6.07, 6.45) is 0.888. The molecule has 2 rings (SSSR count). The molecular weight excluding hydrogens is 636 g/mol. The smallest absolute Gasteiger partial charge is 0.321 e. The number of aromatic hydroxyl groups is 2. The summed E-state index contributed by atoms with van der Waals surface area (Å²) in [5, 5.41) is 26.4. The number of nitrogens with one attached hydrogen (secondary N) is 2. The molecule has 0 bridgehead atoms. The molecule has 10 nitrogen and oxygen atoms in total. The quantitative estimate of drug-likeness (QED) is 0.135. The van der Waals surface area contributed by atoms with E-state index in [1.165, 1.54) is 0 Å². The van der Waals surface area contributed by atoms with Crippen LogP contribution in [0.3, 0.4) is 0 Å². The Bertz CT molecular complexity index is 1460. The number of hydrogen-bond donors (Lipinski definition) is 4. The Morgan fingerprint density at radius 3 is 1.24 bits per heavy atom. The van der Waals surface area contributed by atoms with Crippen LogP contribution in [0.1, 0.15) is 136 Å². The minimum Gasteiger partial charge on any atom is -0.507 e. The molecule has 0 unspecified atom stereocenters. The fourth-order valence-electron chi connectivity index (χ4n) is 5.42. The van der Waals surface area contributed by atoms with Crippen LogP contribution < -0.4 is 10.6 Å². The number of hydrogen-bond acceptors (Lipinski definition) is 8. The van der Waals surface area contributed by atoms with Gasteiger partial charge < -0.3 is 25.0 Å². The molecule has 3 amide bonds. The molecule has 2 aromatic rings. The van der Waals surface area contributed by atoms with Crippen LogP contribution in [0.15, 0.2) is 24.3 Å². The van der Waals surface area contributed by atoms with Gasteiger partial charge in [0, 0.05) is 12.8 Å². The second kappa shape index (κ2) is 16.8. The van der Waals surface area contributed by atoms with Crippen LogP contribution in [0, 0.1) is 0 Å². The summed E-state index contributed by atoms with van der Waals surface area (Å²) in [5.41, 5.74) is 4.01. The second-order valence-electron chi connectivity index (χ2n) is 17.1. The number of aryl methyl sites for hydroxylation is 2. The molecule has 10 heteroatoms. The number of carbonyl (C=O) groups excluding carboxylic acids is 4. The highest BCUT2D eigenvalue weighted by atomic mass is 16.5. The lowest BCUT2D eigenvalue weighted by Gasteiger charge is -2.28. The first-order valence-electron chi connectivity index (χ1n) is 17.4. The van der Waals surface area contributed by atoms with Gasteiger partial charge in [0.2, 0.25) is 5.91 Å². The summed E-state index contributed by atoms with van der Waals surface area (Å²) in [4.78, 5) is 49.1.